The van der Waals surface area contributed by atoms with Gasteiger partial charge in [0.15, 0.2) is 0 Å². The van der Waals surface area contributed by atoms with Crippen LogP contribution < -0.4 is 10.1 Å². The summed E-state index contributed by atoms with van der Waals surface area (Å²) in [6, 6.07) is 22.0. The highest BCUT2D eigenvalue weighted by atomic mass is 16.5. The van der Waals surface area contributed by atoms with Crippen LogP contribution in [0.1, 0.15) is 12.5 Å². The number of aromatic hydroxyl groups is 1. The average molecular weight is 485 g/mol. The van der Waals surface area contributed by atoms with E-state index in [0.717, 1.165) is 36.3 Å². The van der Waals surface area contributed by atoms with E-state index in [0.29, 0.717) is 30.2 Å². The molecule has 1 amide bonds. The summed E-state index contributed by atoms with van der Waals surface area (Å²) in [6.07, 6.45) is 1.20. The van der Waals surface area contributed by atoms with Gasteiger partial charge < -0.3 is 30.4 Å². The fourth-order valence-corrected chi connectivity index (χ4v) is 4.13. The molecule has 0 unspecified atom stereocenters. The first kappa shape index (κ1) is 25.0. The SMILES string of the molecule is CCN1CCN(/C(C=N)=C(\Oc2ccc(-c3ccc(O)cc3)cc2)C(=O)Nc2ccc(C)cc2)CC1. The van der Waals surface area contributed by atoms with Crippen LogP contribution in [0, 0.1) is 12.3 Å². The van der Waals surface area contributed by atoms with Gasteiger partial charge in [0.05, 0.1) is 0 Å². The third kappa shape index (κ3) is 6.12. The number of phenols is 1. The van der Waals surface area contributed by atoms with E-state index < -0.39 is 5.91 Å². The normalized spacial score (nSPS) is 14.7. The Morgan fingerprint density at radius 1 is 0.944 bits per heavy atom. The molecule has 1 fully saturated rings. The second-order valence-corrected chi connectivity index (χ2v) is 8.77. The van der Waals surface area contributed by atoms with E-state index in [1.807, 2.05) is 60.4 Å². The summed E-state index contributed by atoms with van der Waals surface area (Å²) >= 11 is 0. The number of aryl methyl sites for hydroxylation is 1. The summed E-state index contributed by atoms with van der Waals surface area (Å²) in [4.78, 5) is 17.8. The Bertz CT molecular complexity index is 1210. The van der Waals surface area contributed by atoms with Gasteiger partial charge in [-0.25, -0.2) is 0 Å². The number of nitrogens with zero attached hydrogens (tertiary/aromatic N) is 2. The molecule has 7 heteroatoms. The molecule has 0 saturated carbocycles. The third-order valence-corrected chi connectivity index (χ3v) is 6.32. The largest absolute Gasteiger partial charge is 0.508 e. The molecule has 3 aromatic carbocycles. The zero-order chi connectivity index (χ0) is 25.5. The molecule has 1 aliphatic heterocycles. The summed E-state index contributed by atoms with van der Waals surface area (Å²) in [7, 11) is 0. The van der Waals surface area contributed by atoms with Crippen LogP contribution in [0.15, 0.2) is 84.3 Å². The summed E-state index contributed by atoms with van der Waals surface area (Å²) in [5, 5.41) is 20.6. The van der Waals surface area contributed by atoms with Gasteiger partial charge in [0.1, 0.15) is 17.2 Å². The molecule has 3 aromatic rings. The molecule has 7 nitrogen and oxygen atoms in total. The maximum absolute atomic E-state index is 13.4. The van der Waals surface area contributed by atoms with E-state index in [1.54, 1.807) is 24.3 Å². The number of nitrogens with one attached hydrogen (secondary N) is 2. The van der Waals surface area contributed by atoms with Gasteiger partial charge in [0.2, 0.25) is 5.76 Å². The second kappa shape index (κ2) is 11.6. The number of benzene rings is 3. The van der Waals surface area contributed by atoms with Crippen molar-refractivity contribution in [1.29, 1.82) is 5.41 Å². The van der Waals surface area contributed by atoms with E-state index in [2.05, 4.69) is 17.1 Å². The number of rotatable bonds is 8. The minimum absolute atomic E-state index is 0.0907. The Kier molecular flexibility index (Phi) is 8.02. The number of hydrogen-bond acceptors (Lipinski definition) is 6. The first-order chi connectivity index (χ1) is 17.5. The zero-order valence-corrected chi connectivity index (χ0v) is 20.7. The lowest BCUT2D eigenvalue weighted by molar-refractivity contribution is -0.115. The number of carbonyl (C=O) groups excluding carboxylic acids is 1. The Morgan fingerprint density at radius 3 is 2.08 bits per heavy atom. The molecule has 0 spiro atoms. The molecule has 36 heavy (non-hydrogen) atoms. The van der Waals surface area contributed by atoms with Crippen LogP contribution >= 0.6 is 0 Å². The third-order valence-electron chi connectivity index (χ3n) is 6.32. The molecule has 1 aliphatic rings. The summed E-state index contributed by atoms with van der Waals surface area (Å²) in [6.45, 7) is 8.25. The molecule has 1 heterocycles. The Morgan fingerprint density at radius 2 is 1.53 bits per heavy atom. The Hall–Kier alpha value is -4.10. The maximum Gasteiger partial charge on any atom is 0.293 e. The predicted molar refractivity (Wildman–Crippen MR) is 143 cm³/mol. The van der Waals surface area contributed by atoms with Crippen molar-refractivity contribution in [2.24, 2.45) is 0 Å². The minimum Gasteiger partial charge on any atom is -0.508 e. The van der Waals surface area contributed by atoms with E-state index in [1.165, 1.54) is 6.21 Å². The van der Waals surface area contributed by atoms with Crippen molar-refractivity contribution < 1.29 is 14.6 Å². The molecule has 0 aliphatic carbocycles. The quantitative estimate of drug-likeness (QED) is 0.241. The lowest BCUT2D eigenvalue weighted by Crippen LogP contribution is -2.46. The van der Waals surface area contributed by atoms with Crippen LogP contribution in [0.25, 0.3) is 11.1 Å². The van der Waals surface area contributed by atoms with Gasteiger partial charge in [-0.05, 0) is 61.0 Å². The average Bonchev–Trinajstić information content (AvgIpc) is 2.91. The fourth-order valence-electron chi connectivity index (χ4n) is 4.13. The number of allylic oxidation sites excluding steroid dienone is 1. The van der Waals surface area contributed by atoms with Crippen LogP contribution in [-0.4, -0.2) is 59.8 Å². The lowest BCUT2D eigenvalue weighted by atomic mass is 10.1. The van der Waals surface area contributed by atoms with Gasteiger partial charge in [0, 0.05) is 38.1 Å². The van der Waals surface area contributed by atoms with Gasteiger partial charge in [-0.1, -0.05) is 48.9 Å². The molecule has 0 aromatic heterocycles. The number of ether oxygens (including phenoxy) is 1. The summed E-state index contributed by atoms with van der Waals surface area (Å²) < 4.78 is 6.16. The van der Waals surface area contributed by atoms with Crippen molar-refractivity contribution in [3.8, 4) is 22.6 Å². The van der Waals surface area contributed by atoms with Crippen LogP contribution in [0.5, 0.6) is 11.5 Å². The smallest absolute Gasteiger partial charge is 0.293 e. The van der Waals surface area contributed by atoms with Crippen molar-refractivity contribution in [2.75, 3.05) is 38.0 Å². The minimum atomic E-state index is -0.405. The predicted octanol–water partition coefficient (Wildman–Crippen LogP) is 4.88. The lowest BCUT2D eigenvalue weighted by Gasteiger charge is -2.36. The maximum atomic E-state index is 13.4. The Labute approximate surface area is 212 Å². The van der Waals surface area contributed by atoms with E-state index in [-0.39, 0.29) is 11.5 Å². The van der Waals surface area contributed by atoms with Crippen molar-refractivity contribution in [2.45, 2.75) is 13.8 Å². The van der Waals surface area contributed by atoms with Crippen molar-refractivity contribution >= 4 is 17.8 Å². The van der Waals surface area contributed by atoms with Crippen LogP contribution in [0.2, 0.25) is 0 Å². The number of hydrogen-bond donors (Lipinski definition) is 3. The number of amides is 1. The standard InChI is InChI=1S/C29H32N4O3/c1-3-32-16-18-33(19-17-32)27(20-30)28(29(35)31-24-10-4-21(2)5-11-24)36-26-14-8-23(9-15-26)22-6-12-25(34)13-7-22/h4-15,20,30,34H,3,16-19H2,1-2H3,(H,31,35)/b28-27-,30-20?. The van der Waals surface area contributed by atoms with E-state index >= 15 is 0 Å². The Balaban J connectivity index is 1.62. The first-order valence-electron chi connectivity index (χ1n) is 12.1. The highest BCUT2D eigenvalue weighted by Crippen LogP contribution is 2.26. The highest BCUT2D eigenvalue weighted by molar-refractivity contribution is 6.06. The van der Waals surface area contributed by atoms with Gasteiger partial charge in [0.25, 0.3) is 5.91 Å². The molecular formula is C29H32N4O3. The van der Waals surface area contributed by atoms with E-state index in [9.17, 15) is 9.90 Å². The van der Waals surface area contributed by atoms with Crippen LogP contribution in [0.3, 0.4) is 0 Å². The first-order valence-corrected chi connectivity index (χ1v) is 12.1. The number of phenolic OH excluding ortho intramolecular Hbond substituents is 1. The molecule has 0 radical (unpaired) electrons. The van der Waals surface area contributed by atoms with Gasteiger partial charge >= 0.3 is 0 Å². The number of carbonyl (C=O) groups is 1. The summed E-state index contributed by atoms with van der Waals surface area (Å²) in [5.41, 5.74) is 4.14. The molecule has 186 valence electrons. The molecular weight excluding hydrogens is 452 g/mol. The van der Waals surface area contributed by atoms with Gasteiger partial charge in [-0.3, -0.25) is 4.79 Å². The molecule has 4 rings (SSSR count). The molecule has 0 bridgehead atoms. The zero-order valence-electron chi connectivity index (χ0n) is 20.7. The molecule has 3 N–H and O–H groups in total. The molecule has 1 saturated heterocycles. The molecule has 0 atom stereocenters. The number of piperazine rings is 1. The van der Waals surface area contributed by atoms with Gasteiger partial charge in [-0.15, -0.1) is 0 Å². The van der Waals surface area contributed by atoms with Crippen molar-refractivity contribution in [3.05, 3.63) is 89.8 Å². The van der Waals surface area contributed by atoms with Crippen LogP contribution in [0.4, 0.5) is 5.69 Å². The topological polar surface area (TPSA) is 88.9 Å². The number of anilines is 1. The highest BCUT2D eigenvalue weighted by Gasteiger charge is 2.25. The fraction of sp³-hybridized carbons (Fsp3) is 0.241. The van der Waals surface area contributed by atoms with Crippen molar-refractivity contribution in [1.82, 2.24) is 9.80 Å². The second-order valence-electron chi connectivity index (χ2n) is 8.77. The summed E-state index contributed by atoms with van der Waals surface area (Å²) in [5.74, 6) is 0.399. The van der Waals surface area contributed by atoms with Crippen LogP contribution in [-0.2, 0) is 4.79 Å². The monoisotopic (exact) mass is 484 g/mol. The van der Waals surface area contributed by atoms with Gasteiger partial charge in [-0.2, -0.15) is 0 Å². The number of likely N-dealkylation sites (N-methyl/N-ethyl adjacent to an activating group) is 1. The van der Waals surface area contributed by atoms with E-state index in [4.69, 9.17) is 10.1 Å². The van der Waals surface area contributed by atoms with Crippen molar-refractivity contribution in [3.63, 3.8) is 0 Å².